The van der Waals surface area contributed by atoms with Gasteiger partial charge in [0.2, 0.25) is 17.7 Å². The maximum atomic E-state index is 12.7. The molecule has 1 aliphatic heterocycles. The Morgan fingerprint density at radius 1 is 1.38 bits per heavy atom. The molecular formula is C17H20N2O6S. The third-order valence-corrected chi connectivity index (χ3v) is 4.95. The Hall–Kier alpha value is -2.55. The van der Waals surface area contributed by atoms with Crippen LogP contribution in [0.2, 0.25) is 0 Å². The van der Waals surface area contributed by atoms with Crippen molar-refractivity contribution in [1.82, 2.24) is 5.32 Å². The average Bonchev–Trinajstić information content (AvgIpc) is 2.86. The van der Waals surface area contributed by atoms with Crippen LogP contribution in [0.4, 0.5) is 5.69 Å². The van der Waals surface area contributed by atoms with Gasteiger partial charge in [0.15, 0.2) is 0 Å². The van der Waals surface area contributed by atoms with Crippen LogP contribution in [0.5, 0.6) is 5.75 Å². The first-order valence-electron chi connectivity index (χ1n) is 8.05. The second-order valence-electron chi connectivity index (χ2n) is 5.59. The summed E-state index contributed by atoms with van der Waals surface area (Å²) in [6.45, 7) is 3.41. The molecule has 8 nitrogen and oxygen atoms in total. The number of carbonyl (C=O) groups is 4. The van der Waals surface area contributed by atoms with Crippen LogP contribution in [-0.4, -0.2) is 52.4 Å². The van der Waals surface area contributed by atoms with E-state index in [2.05, 4.69) is 5.32 Å². The molecule has 0 radical (unpaired) electrons. The topological polar surface area (TPSA) is 113 Å². The van der Waals surface area contributed by atoms with Gasteiger partial charge in [0.1, 0.15) is 11.8 Å². The van der Waals surface area contributed by atoms with Crippen LogP contribution in [-0.2, 0) is 19.2 Å². The number of thioether (sulfide) groups is 1. The first-order valence-corrected chi connectivity index (χ1v) is 9.10. The zero-order valence-corrected chi connectivity index (χ0v) is 15.2. The van der Waals surface area contributed by atoms with Crippen LogP contribution in [0, 0.1) is 0 Å². The summed E-state index contributed by atoms with van der Waals surface area (Å²) in [5, 5.41) is 10.7. The molecule has 1 heterocycles. The van der Waals surface area contributed by atoms with Crippen LogP contribution in [0.25, 0.3) is 0 Å². The summed E-state index contributed by atoms with van der Waals surface area (Å²) in [5.41, 5.74) is 0.379. The molecule has 1 saturated heterocycles. The van der Waals surface area contributed by atoms with E-state index in [1.165, 1.54) is 6.92 Å². The van der Waals surface area contributed by atoms with Crippen molar-refractivity contribution in [3.63, 3.8) is 0 Å². The number of para-hydroxylation sites is 2. The molecule has 2 atom stereocenters. The van der Waals surface area contributed by atoms with Crippen molar-refractivity contribution in [2.24, 2.45) is 0 Å². The van der Waals surface area contributed by atoms with E-state index in [1.807, 2.05) is 0 Å². The molecular weight excluding hydrogens is 360 g/mol. The van der Waals surface area contributed by atoms with Gasteiger partial charge < -0.3 is 15.2 Å². The Balaban J connectivity index is 2.11. The fourth-order valence-electron chi connectivity index (χ4n) is 2.54. The molecule has 0 spiro atoms. The van der Waals surface area contributed by atoms with Crippen LogP contribution >= 0.6 is 11.8 Å². The summed E-state index contributed by atoms with van der Waals surface area (Å²) in [6, 6.07) is 5.64. The molecule has 9 heteroatoms. The van der Waals surface area contributed by atoms with E-state index in [9.17, 15) is 19.2 Å². The fourth-order valence-corrected chi connectivity index (χ4v) is 3.70. The Bertz CT molecular complexity index is 723. The van der Waals surface area contributed by atoms with Gasteiger partial charge in [-0.25, -0.2) is 9.69 Å². The van der Waals surface area contributed by atoms with Crippen LogP contribution in [0.3, 0.4) is 0 Å². The van der Waals surface area contributed by atoms with E-state index >= 15 is 0 Å². The number of nitrogens with zero attached hydrogens (tertiary/aromatic N) is 1. The van der Waals surface area contributed by atoms with Crippen molar-refractivity contribution in [3.05, 3.63) is 24.3 Å². The summed E-state index contributed by atoms with van der Waals surface area (Å²) in [7, 11) is 0. The predicted molar refractivity (Wildman–Crippen MR) is 96.2 cm³/mol. The maximum Gasteiger partial charge on any atom is 0.327 e. The molecule has 2 N–H and O–H groups in total. The molecule has 2 rings (SSSR count). The lowest BCUT2D eigenvalue weighted by molar-refractivity contribution is -0.140. The van der Waals surface area contributed by atoms with Crippen molar-refractivity contribution in [2.75, 3.05) is 17.3 Å². The van der Waals surface area contributed by atoms with Gasteiger partial charge in [-0.2, -0.15) is 0 Å². The first-order chi connectivity index (χ1) is 12.3. The number of carboxylic acid groups (broad SMARTS) is 1. The van der Waals surface area contributed by atoms with Crippen molar-refractivity contribution in [1.29, 1.82) is 0 Å². The average molecular weight is 380 g/mol. The number of nitrogens with one attached hydrogen (secondary N) is 1. The highest BCUT2D eigenvalue weighted by atomic mass is 32.2. The molecule has 1 aromatic carbocycles. The lowest BCUT2D eigenvalue weighted by atomic mass is 10.2. The number of anilines is 1. The number of imide groups is 1. The number of carbonyl (C=O) groups excluding carboxylic acids is 3. The minimum Gasteiger partial charge on any atom is -0.492 e. The molecule has 1 aliphatic rings. The van der Waals surface area contributed by atoms with E-state index in [-0.39, 0.29) is 18.1 Å². The number of rotatable bonds is 8. The smallest absolute Gasteiger partial charge is 0.327 e. The number of hydrogen-bond donors (Lipinski definition) is 2. The molecule has 1 aromatic rings. The molecule has 3 amide bonds. The number of amides is 3. The van der Waals surface area contributed by atoms with Crippen LogP contribution in [0.15, 0.2) is 24.3 Å². The lowest BCUT2D eigenvalue weighted by Crippen LogP contribution is -2.42. The van der Waals surface area contributed by atoms with Gasteiger partial charge in [0.25, 0.3) is 0 Å². The summed E-state index contributed by atoms with van der Waals surface area (Å²) < 4.78 is 5.48. The molecule has 0 unspecified atom stereocenters. The summed E-state index contributed by atoms with van der Waals surface area (Å²) in [4.78, 5) is 48.4. The van der Waals surface area contributed by atoms with Gasteiger partial charge in [0, 0.05) is 19.1 Å². The minimum absolute atomic E-state index is 0.0143. The monoisotopic (exact) mass is 380 g/mol. The first kappa shape index (κ1) is 19.8. The molecule has 0 aromatic heterocycles. The molecule has 26 heavy (non-hydrogen) atoms. The molecule has 140 valence electrons. The van der Waals surface area contributed by atoms with Crippen molar-refractivity contribution < 1.29 is 29.0 Å². The summed E-state index contributed by atoms with van der Waals surface area (Å²) in [6.07, 6.45) is -0.0314. The summed E-state index contributed by atoms with van der Waals surface area (Å²) in [5.74, 6) is -2.03. The standard InChI is InChI=1S/C17H20N2O6S/c1-3-25-13-7-5-4-6-12(13)19-15(21)8-14(16(19)22)26-9-11(17(23)24)18-10(2)20/h4-7,11,14H,3,8-9H2,1-2H3,(H,18,20)(H,23,24)/t11-,14+/m1/s1. The Kier molecular flexibility index (Phi) is 6.62. The zero-order valence-electron chi connectivity index (χ0n) is 14.4. The van der Waals surface area contributed by atoms with Crippen LogP contribution in [0.1, 0.15) is 20.3 Å². The Morgan fingerprint density at radius 2 is 2.08 bits per heavy atom. The summed E-state index contributed by atoms with van der Waals surface area (Å²) >= 11 is 1.04. The van der Waals surface area contributed by atoms with Crippen LogP contribution < -0.4 is 15.0 Å². The fraction of sp³-hybridized carbons (Fsp3) is 0.412. The largest absolute Gasteiger partial charge is 0.492 e. The Morgan fingerprint density at radius 3 is 2.69 bits per heavy atom. The highest BCUT2D eigenvalue weighted by Gasteiger charge is 2.41. The molecule has 0 aliphatic carbocycles. The number of hydrogen-bond acceptors (Lipinski definition) is 6. The van der Waals surface area contributed by atoms with Gasteiger partial charge in [-0.05, 0) is 19.1 Å². The second kappa shape index (κ2) is 8.70. The van der Waals surface area contributed by atoms with Gasteiger partial charge in [-0.1, -0.05) is 12.1 Å². The number of aliphatic carboxylic acids is 1. The highest BCUT2D eigenvalue weighted by Crippen LogP contribution is 2.35. The van der Waals surface area contributed by atoms with Crippen molar-refractivity contribution in [2.45, 2.75) is 31.6 Å². The SMILES string of the molecule is CCOc1ccccc1N1C(=O)C[C@H](SC[C@@H](NC(C)=O)C(=O)O)C1=O. The Labute approximate surface area is 154 Å². The van der Waals surface area contributed by atoms with Gasteiger partial charge in [0.05, 0.1) is 17.5 Å². The van der Waals surface area contributed by atoms with E-state index < -0.39 is 29.1 Å². The van der Waals surface area contributed by atoms with E-state index in [0.717, 1.165) is 16.7 Å². The maximum absolute atomic E-state index is 12.7. The number of carboxylic acids is 1. The number of benzene rings is 1. The molecule has 1 fully saturated rings. The lowest BCUT2D eigenvalue weighted by Gasteiger charge is -2.19. The second-order valence-corrected chi connectivity index (χ2v) is 6.82. The third-order valence-electron chi connectivity index (χ3n) is 3.65. The number of ether oxygens (including phenoxy) is 1. The quantitative estimate of drug-likeness (QED) is 0.648. The zero-order chi connectivity index (χ0) is 19.3. The van der Waals surface area contributed by atoms with E-state index in [4.69, 9.17) is 9.84 Å². The molecule has 0 bridgehead atoms. The van der Waals surface area contributed by atoms with E-state index in [0.29, 0.717) is 18.0 Å². The molecule has 0 saturated carbocycles. The van der Waals surface area contributed by atoms with Gasteiger partial charge in [-0.15, -0.1) is 11.8 Å². The van der Waals surface area contributed by atoms with Gasteiger partial charge in [-0.3, -0.25) is 14.4 Å². The minimum atomic E-state index is -1.19. The van der Waals surface area contributed by atoms with Gasteiger partial charge >= 0.3 is 5.97 Å². The normalized spacial score (nSPS) is 17.9. The highest BCUT2D eigenvalue weighted by molar-refractivity contribution is 8.00. The third kappa shape index (κ3) is 4.54. The van der Waals surface area contributed by atoms with E-state index in [1.54, 1.807) is 31.2 Å². The van der Waals surface area contributed by atoms with Crippen molar-refractivity contribution in [3.8, 4) is 5.75 Å². The van der Waals surface area contributed by atoms with Crippen molar-refractivity contribution >= 4 is 41.1 Å². The predicted octanol–water partition coefficient (Wildman–Crippen LogP) is 1.04.